The molecule has 0 spiro atoms. The molecule has 0 fully saturated rings. The normalized spacial score (nSPS) is 14.6. The van der Waals surface area contributed by atoms with Crippen LogP contribution >= 0.6 is 0 Å². The Hall–Kier alpha value is -1.32. The molecule has 20 heavy (non-hydrogen) atoms. The van der Waals surface area contributed by atoms with Crippen molar-refractivity contribution in [2.45, 2.75) is 58.3 Å². The predicted molar refractivity (Wildman–Crippen MR) is 79.3 cm³/mol. The van der Waals surface area contributed by atoms with Crippen molar-refractivity contribution in [2.75, 3.05) is 20.2 Å². The average Bonchev–Trinajstić information content (AvgIpc) is 2.48. The number of carbonyl (C=O) groups excluding carboxylic acids is 2. The molecule has 4 heteroatoms. The summed E-state index contributed by atoms with van der Waals surface area (Å²) in [6.45, 7) is 3.19. The van der Waals surface area contributed by atoms with Gasteiger partial charge in [-0.15, -0.1) is 0 Å². The third-order valence-electron chi connectivity index (χ3n) is 3.72. The molecule has 0 aromatic rings. The van der Waals surface area contributed by atoms with E-state index in [0.717, 1.165) is 25.8 Å². The van der Waals surface area contributed by atoms with E-state index in [1.807, 2.05) is 11.8 Å². The van der Waals surface area contributed by atoms with Crippen LogP contribution < -0.4 is 0 Å². The second-order valence-corrected chi connectivity index (χ2v) is 5.32. The lowest BCUT2D eigenvalue weighted by atomic mass is 9.97. The first-order valence-corrected chi connectivity index (χ1v) is 7.69. The van der Waals surface area contributed by atoms with Crippen molar-refractivity contribution >= 4 is 11.9 Å². The van der Waals surface area contributed by atoms with Gasteiger partial charge in [0, 0.05) is 19.5 Å². The Labute approximate surface area is 122 Å². The zero-order valence-electron chi connectivity index (χ0n) is 12.8. The maximum absolute atomic E-state index is 12.1. The van der Waals surface area contributed by atoms with Crippen LogP contribution in [0.3, 0.4) is 0 Å². The SMILES string of the molecule is CCCC(=O)N(CCC(=O)OC)CCC1=CCCCC1. The van der Waals surface area contributed by atoms with Crippen molar-refractivity contribution in [3.63, 3.8) is 0 Å². The maximum Gasteiger partial charge on any atom is 0.307 e. The molecule has 0 aliphatic heterocycles. The largest absolute Gasteiger partial charge is 0.469 e. The fourth-order valence-corrected chi connectivity index (χ4v) is 2.47. The molecule has 0 aromatic heterocycles. The summed E-state index contributed by atoms with van der Waals surface area (Å²) in [5.74, 6) is -0.107. The van der Waals surface area contributed by atoms with Crippen LogP contribution in [0.1, 0.15) is 58.3 Å². The van der Waals surface area contributed by atoms with E-state index >= 15 is 0 Å². The molecular formula is C16H27NO3. The summed E-state index contributed by atoms with van der Waals surface area (Å²) in [6, 6.07) is 0. The van der Waals surface area contributed by atoms with Gasteiger partial charge in [0.25, 0.3) is 0 Å². The van der Waals surface area contributed by atoms with E-state index in [4.69, 9.17) is 0 Å². The molecule has 1 aliphatic carbocycles. The number of allylic oxidation sites excluding steroid dienone is 1. The highest BCUT2D eigenvalue weighted by Crippen LogP contribution is 2.20. The molecule has 1 amide bonds. The number of hydrogen-bond acceptors (Lipinski definition) is 3. The van der Waals surface area contributed by atoms with Crippen LogP contribution in [0.5, 0.6) is 0 Å². The van der Waals surface area contributed by atoms with Crippen molar-refractivity contribution in [3.8, 4) is 0 Å². The zero-order valence-corrected chi connectivity index (χ0v) is 12.8. The number of ether oxygens (including phenoxy) is 1. The Morgan fingerprint density at radius 3 is 2.65 bits per heavy atom. The number of methoxy groups -OCH3 is 1. The highest BCUT2D eigenvalue weighted by atomic mass is 16.5. The number of nitrogens with zero attached hydrogens (tertiary/aromatic N) is 1. The van der Waals surface area contributed by atoms with E-state index < -0.39 is 0 Å². The first-order chi connectivity index (χ1) is 9.67. The van der Waals surface area contributed by atoms with Gasteiger partial charge in [-0.1, -0.05) is 18.6 Å². The molecule has 0 atom stereocenters. The first kappa shape index (κ1) is 16.7. The van der Waals surface area contributed by atoms with E-state index in [0.29, 0.717) is 13.0 Å². The number of esters is 1. The lowest BCUT2D eigenvalue weighted by Gasteiger charge is -2.23. The van der Waals surface area contributed by atoms with Crippen LogP contribution in [0.2, 0.25) is 0 Å². The summed E-state index contributed by atoms with van der Waals surface area (Å²) in [5, 5.41) is 0. The molecule has 0 saturated carbocycles. The highest BCUT2D eigenvalue weighted by Gasteiger charge is 2.15. The van der Waals surface area contributed by atoms with E-state index in [1.54, 1.807) is 0 Å². The third kappa shape index (κ3) is 6.22. The molecule has 1 aliphatic rings. The second-order valence-electron chi connectivity index (χ2n) is 5.32. The van der Waals surface area contributed by atoms with Crippen molar-refractivity contribution in [2.24, 2.45) is 0 Å². The molecular weight excluding hydrogens is 254 g/mol. The maximum atomic E-state index is 12.1. The van der Waals surface area contributed by atoms with Gasteiger partial charge < -0.3 is 9.64 Å². The van der Waals surface area contributed by atoms with Gasteiger partial charge in [0.2, 0.25) is 5.91 Å². The summed E-state index contributed by atoms with van der Waals surface area (Å²) in [7, 11) is 1.38. The van der Waals surface area contributed by atoms with Crippen molar-refractivity contribution in [1.29, 1.82) is 0 Å². The molecule has 0 radical (unpaired) electrons. The number of rotatable bonds is 8. The lowest BCUT2D eigenvalue weighted by molar-refractivity contribution is -0.141. The number of amides is 1. The van der Waals surface area contributed by atoms with Crippen LogP contribution in [-0.4, -0.2) is 37.0 Å². The standard InChI is InChI=1S/C16H27NO3/c1-3-7-15(18)17(13-11-16(19)20-2)12-10-14-8-5-4-6-9-14/h8H,3-7,9-13H2,1-2H3. The Balaban J connectivity index is 2.46. The summed E-state index contributed by atoms with van der Waals surface area (Å²) >= 11 is 0. The molecule has 0 bridgehead atoms. The Morgan fingerprint density at radius 2 is 2.05 bits per heavy atom. The summed E-state index contributed by atoms with van der Waals surface area (Å²) in [6.07, 6.45) is 9.80. The number of carbonyl (C=O) groups is 2. The van der Waals surface area contributed by atoms with Crippen LogP contribution in [0.25, 0.3) is 0 Å². The Kier molecular flexibility index (Phi) is 8.00. The first-order valence-electron chi connectivity index (χ1n) is 7.69. The molecule has 0 saturated heterocycles. The molecule has 0 unspecified atom stereocenters. The van der Waals surface area contributed by atoms with E-state index in [2.05, 4.69) is 10.8 Å². The minimum absolute atomic E-state index is 0.146. The molecule has 114 valence electrons. The average molecular weight is 281 g/mol. The third-order valence-corrected chi connectivity index (χ3v) is 3.72. The van der Waals surface area contributed by atoms with E-state index in [1.165, 1.54) is 31.9 Å². The predicted octanol–water partition coefficient (Wildman–Crippen LogP) is 3.07. The topological polar surface area (TPSA) is 46.6 Å². The number of hydrogen-bond donors (Lipinski definition) is 0. The molecule has 4 nitrogen and oxygen atoms in total. The minimum Gasteiger partial charge on any atom is -0.469 e. The second kappa shape index (κ2) is 9.56. The molecule has 0 N–H and O–H groups in total. The van der Waals surface area contributed by atoms with Gasteiger partial charge >= 0.3 is 5.97 Å². The van der Waals surface area contributed by atoms with Crippen LogP contribution in [0, 0.1) is 0 Å². The van der Waals surface area contributed by atoms with Gasteiger partial charge in [-0.05, 0) is 38.5 Å². The summed E-state index contributed by atoms with van der Waals surface area (Å²) in [5.41, 5.74) is 1.46. The van der Waals surface area contributed by atoms with E-state index in [9.17, 15) is 9.59 Å². The van der Waals surface area contributed by atoms with Crippen LogP contribution in [0.4, 0.5) is 0 Å². The molecule has 1 rings (SSSR count). The minimum atomic E-state index is -0.254. The zero-order chi connectivity index (χ0) is 14.8. The fourth-order valence-electron chi connectivity index (χ4n) is 2.47. The molecule has 0 aromatic carbocycles. The van der Waals surface area contributed by atoms with Crippen molar-refractivity contribution in [1.82, 2.24) is 4.90 Å². The van der Waals surface area contributed by atoms with Gasteiger partial charge in [-0.3, -0.25) is 9.59 Å². The lowest BCUT2D eigenvalue weighted by Crippen LogP contribution is -2.34. The van der Waals surface area contributed by atoms with Gasteiger partial charge in [0.1, 0.15) is 0 Å². The van der Waals surface area contributed by atoms with Crippen LogP contribution in [-0.2, 0) is 14.3 Å². The summed E-state index contributed by atoms with van der Waals surface area (Å²) < 4.78 is 4.65. The summed E-state index contributed by atoms with van der Waals surface area (Å²) in [4.78, 5) is 25.1. The van der Waals surface area contributed by atoms with Gasteiger partial charge in [-0.2, -0.15) is 0 Å². The highest BCUT2D eigenvalue weighted by molar-refractivity contribution is 5.77. The Bertz CT molecular complexity index is 350. The Morgan fingerprint density at radius 1 is 1.25 bits per heavy atom. The van der Waals surface area contributed by atoms with Gasteiger partial charge in [-0.25, -0.2) is 0 Å². The van der Waals surface area contributed by atoms with Gasteiger partial charge in [0.15, 0.2) is 0 Å². The van der Waals surface area contributed by atoms with Crippen LogP contribution in [0.15, 0.2) is 11.6 Å². The quantitative estimate of drug-likeness (QED) is 0.507. The molecule has 0 heterocycles. The van der Waals surface area contributed by atoms with Gasteiger partial charge in [0.05, 0.1) is 13.5 Å². The van der Waals surface area contributed by atoms with E-state index in [-0.39, 0.29) is 18.3 Å². The monoisotopic (exact) mass is 281 g/mol. The van der Waals surface area contributed by atoms with Crippen molar-refractivity contribution in [3.05, 3.63) is 11.6 Å². The smallest absolute Gasteiger partial charge is 0.307 e. The fraction of sp³-hybridized carbons (Fsp3) is 0.750. The van der Waals surface area contributed by atoms with Crippen molar-refractivity contribution < 1.29 is 14.3 Å².